The summed E-state index contributed by atoms with van der Waals surface area (Å²) in [6, 6.07) is 2.95. The third-order valence-electron chi connectivity index (χ3n) is 2.38. The Morgan fingerprint density at radius 2 is 1.79 bits per heavy atom. The molecular weight excluding hydrogens is 295 g/mol. The fourth-order valence-corrected chi connectivity index (χ4v) is 3.29. The van der Waals surface area contributed by atoms with Crippen molar-refractivity contribution in [1.82, 2.24) is 4.31 Å². The normalized spacial score (nSPS) is 12.8. The third kappa shape index (κ3) is 4.44. The highest BCUT2D eigenvalue weighted by molar-refractivity contribution is 7.91. The average Bonchev–Trinajstić information content (AvgIpc) is 2.23. The van der Waals surface area contributed by atoms with Crippen LogP contribution in [0, 0.1) is 5.82 Å². The van der Waals surface area contributed by atoms with E-state index in [9.17, 15) is 21.2 Å². The molecule has 0 bridgehead atoms. The van der Waals surface area contributed by atoms with Gasteiger partial charge in [-0.2, -0.15) is 4.31 Å². The second-order valence-corrected chi connectivity index (χ2v) is 8.48. The van der Waals surface area contributed by atoms with Gasteiger partial charge in [0.2, 0.25) is 10.0 Å². The summed E-state index contributed by atoms with van der Waals surface area (Å²) in [7, 11) is -6.02. The van der Waals surface area contributed by atoms with E-state index in [4.69, 9.17) is 5.73 Å². The summed E-state index contributed by atoms with van der Waals surface area (Å²) in [4.78, 5) is -0.305. The van der Waals surface area contributed by atoms with Crippen LogP contribution in [0.15, 0.2) is 23.1 Å². The lowest BCUT2D eigenvalue weighted by molar-refractivity contribution is 0.484. The van der Waals surface area contributed by atoms with Crippen molar-refractivity contribution in [3.8, 4) is 0 Å². The Balaban J connectivity index is 3.03. The zero-order valence-corrected chi connectivity index (χ0v) is 12.1. The van der Waals surface area contributed by atoms with E-state index < -0.39 is 25.7 Å². The van der Waals surface area contributed by atoms with Gasteiger partial charge in [-0.15, -0.1) is 0 Å². The zero-order valence-electron chi connectivity index (χ0n) is 10.5. The second-order valence-electron chi connectivity index (χ2n) is 4.18. The Morgan fingerprint density at radius 3 is 2.26 bits per heavy atom. The Bertz CT molecular complexity index is 651. The summed E-state index contributed by atoms with van der Waals surface area (Å²) in [6.45, 7) is -0.211. The van der Waals surface area contributed by atoms with Crippen molar-refractivity contribution < 1.29 is 21.2 Å². The fourth-order valence-electron chi connectivity index (χ4n) is 1.33. The molecule has 108 valence electrons. The number of hydrogen-bond acceptors (Lipinski definition) is 5. The van der Waals surface area contributed by atoms with Gasteiger partial charge in [-0.3, -0.25) is 0 Å². The van der Waals surface area contributed by atoms with Crippen LogP contribution in [0.3, 0.4) is 0 Å². The summed E-state index contributed by atoms with van der Waals surface area (Å²) in [6.07, 6.45) is 1.01. The molecule has 0 aromatic heterocycles. The molecule has 0 fully saturated rings. The lowest BCUT2D eigenvalue weighted by atomic mass is 10.3. The van der Waals surface area contributed by atoms with Crippen molar-refractivity contribution in [2.75, 3.05) is 31.3 Å². The van der Waals surface area contributed by atoms with Gasteiger partial charge < -0.3 is 5.73 Å². The van der Waals surface area contributed by atoms with Gasteiger partial charge in [0, 0.05) is 25.5 Å². The first-order valence-electron chi connectivity index (χ1n) is 5.22. The monoisotopic (exact) mass is 310 g/mol. The molecule has 9 heteroatoms. The van der Waals surface area contributed by atoms with Crippen molar-refractivity contribution in [2.24, 2.45) is 0 Å². The van der Waals surface area contributed by atoms with E-state index in [-0.39, 0.29) is 22.9 Å². The molecular formula is C10H15FN2O4S2. The summed E-state index contributed by atoms with van der Waals surface area (Å²) in [5, 5.41) is 0. The summed E-state index contributed by atoms with van der Waals surface area (Å²) >= 11 is 0. The Morgan fingerprint density at radius 1 is 1.21 bits per heavy atom. The van der Waals surface area contributed by atoms with Crippen LogP contribution in [0.1, 0.15) is 0 Å². The molecule has 0 radical (unpaired) electrons. The average molecular weight is 310 g/mol. The van der Waals surface area contributed by atoms with E-state index in [0.29, 0.717) is 0 Å². The first-order chi connectivity index (χ1) is 8.52. The highest BCUT2D eigenvalue weighted by Gasteiger charge is 2.22. The van der Waals surface area contributed by atoms with E-state index in [1.165, 1.54) is 7.05 Å². The van der Waals surface area contributed by atoms with Gasteiger partial charge in [-0.25, -0.2) is 21.2 Å². The Labute approximate surface area is 112 Å². The van der Waals surface area contributed by atoms with Crippen molar-refractivity contribution in [3.63, 3.8) is 0 Å². The highest BCUT2D eigenvalue weighted by atomic mass is 32.2. The van der Waals surface area contributed by atoms with Crippen LogP contribution >= 0.6 is 0 Å². The van der Waals surface area contributed by atoms with Crippen molar-refractivity contribution >= 4 is 25.5 Å². The molecule has 0 saturated carbocycles. The first-order valence-corrected chi connectivity index (χ1v) is 8.72. The number of sulfonamides is 1. The van der Waals surface area contributed by atoms with Crippen LogP contribution in [-0.4, -0.2) is 46.7 Å². The molecule has 0 heterocycles. The molecule has 0 atom stereocenters. The lowest BCUT2D eigenvalue weighted by Gasteiger charge is -2.17. The molecule has 0 saturated heterocycles. The van der Waals surface area contributed by atoms with E-state index in [1.807, 2.05) is 0 Å². The van der Waals surface area contributed by atoms with Gasteiger partial charge in [0.1, 0.15) is 15.7 Å². The number of benzene rings is 1. The number of nitrogens with zero attached hydrogens (tertiary/aromatic N) is 1. The SMILES string of the molecule is CN(CCS(C)(=O)=O)S(=O)(=O)c1cc(N)cc(F)c1. The molecule has 1 aromatic carbocycles. The van der Waals surface area contributed by atoms with Gasteiger partial charge in [0.05, 0.1) is 10.6 Å². The number of nitrogen functional groups attached to an aromatic ring is 1. The minimum absolute atomic E-state index is 0.0184. The second kappa shape index (κ2) is 5.43. The minimum Gasteiger partial charge on any atom is -0.399 e. The number of anilines is 1. The molecule has 0 aliphatic heterocycles. The predicted octanol–water partition coefficient (Wildman–Crippen LogP) is 0.0730. The topological polar surface area (TPSA) is 97.5 Å². The first kappa shape index (κ1) is 15.9. The Hall–Kier alpha value is -1.19. The maximum absolute atomic E-state index is 13.1. The van der Waals surface area contributed by atoms with Crippen LogP contribution in [0.2, 0.25) is 0 Å². The number of nitrogens with two attached hydrogens (primary N) is 1. The fraction of sp³-hybridized carbons (Fsp3) is 0.400. The molecule has 6 nitrogen and oxygen atoms in total. The summed E-state index contributed by atoms with van der Waals surface area (Å²) < 4.78 is 60.1. The van der Waals surface area contributed by atoms with E-state index in [2.05, 4.69) is 0 Å². The smallest absolute Gasteiger partial charge is 0.243 e. The molecule has 19 heavy (non-hydrogen) atoms. The largest absolute Gasteiger partial charge is 0.399 e. The van der Waals surface area contributed by atoms with Crippen LogP contribution in [0.4, 0.5) is 10.1 Å². The van der Waals surface area contributed by atoms with Crippen molar-refractivity contribution in [1.29, 1.82) is 0 Å². The minimum atomic E-state index is -3.96. The molecule has 0 amide bonds. The number of hydrogen-bond donors (Lipinski definition) is 1. The van der Waals surface area contributed by atoms with Gasteiger partial charge in [0.25, 0.3) is 0 Å². The van der Waals surface area contributed by atoms with Gasteiger partial charge in [-0.05, 0) is 18.2 Å². The van der Waals surface area contributed by atoms with Gasteiger partial charge >= 0.3 is 0 Å². The predicted molar refractivity (Wildman–Crippen MR) is 70.3 cm³/mol. The zero-order chi connectivity index (χ0) is 14.8. The summed E-state index contributed by atoms with van der Waals surface area (Å²) in [5.41, 5.74) is 5.36. The molecule has 1 aromatic rings. The standard InChI is InChI=1S/C10H15FN2O4S2/c1-13(3-4-18(2,14)15)19(16,17)10-6-8(11)5-9(12)7-10/h5-7H,3-4,12H2,1-2H3. The maximum Gasteiger partial charge on any atom is 0.243 e. The molecule has 0 aliphatic rings. The molecule has 2 N–H and O–H groups in total. The lowest BCUT2D eigenvalue weighted by Crippen LogP contribution is -2.31. The van der Waals surface area contributed by atoms with Gasteiger partial charge in [0.15, 0.2) is 0 Å². The van der Waals surface area contributed by atoms with E-state index >= 15 is 0 Å². The van der Waals surface area contributed by atoms with E-state index in [0.717, 1.165) is 28.8 Å². The quantitative estimate of drug-likeness (QED) is 0.776. The number of sulfone groups is 1. The number of rotatable bonds is 5. The maximum atomic E-state index is 13.1. The molecule has 0 spiro atoms. The third-order valence-corrected chi connectivity index (χ3v) is 5.14. The van der Waals surface area contributed by atoms with Gasteiger partial charge in [-0.1, -0.05) is 0 Å². The molecule has 0 aliphatic carbocycles. The van der Waals surface area contributed by atoms with Crippen LogP contribution in [0.5, 0.6) is 0 Å². The van der Waals surface area contributed by atoms with Crippen molar-refractivity contribution in [3.05, 3.63) is 24.0 Å². The van der Waals surface area contributed by atoms with Crippen molar-refractivity contribution in [2.45, 2.75) is 4.90 Å². The van der Waals surface area contributed by atoms with E-state index in [1.54, 1.807) is 0 Å². The van der Waals surface area contributed by atoms with Crippen LogP contribution in [0.25, 0.3) is 0 Å². The number of halogens is 1. The molecule has 0 unspecified atom stereocenters. The summed E-state index contributed by atoms with van der Waals surface area (Å²) in [5.74, 6) is -1.08. The van der Waals surface area contributed by atoms with Crippen LogP contribution < -0.4 is 5.73 Å². The Kier molecular flexibility index (Phi) is 4.54. The highest BCUT2D eigenvalue weighted by Crippen LogP contribution is 2.19. The van der Waals surface area contributed by atoms with Crippen LogP contribution in [-0.2, 0) is 19.9 Å². The molecule has 1 rings (SSSR count).